The van der Waals surface area contributed by atoms with E-state index in [1.54, 1.807) is 0 Å². The molecule has 1 aromatic carbocycles. The normalized spacial score (nSPS) is 10.4. The molecule has 2 aromatic heterocycles. The van der Waals surface area contributed by atoms with Gasteiger partial charge in [0.1, 0.15) is 12.4 Å². The summed E-state index contributed by atoms with van der Waals surface area (Å²) >= 11 is 2.69. The number of rotatable bonds is 6. The van der Waals surface area contributed by atoms with Crippen LogP contribution in [0.5, 0.6) is 5.88 Å². The lowest BCUT2D eigenvalue weighted by molar-refractivity contribution is 0.262. The fourth-order valence-corrected chi connectivity index (χ4v) is 3.04. The highest BCUT2D eigenvalue weighted by Gasteiger charge is 2.10. The molecule has 0 saturated carbocycles. The number of carbonyl (C=O) groups excluding carboxylic acids is 1. The Bertz CT molecular complexity index is 893. The van der Waals surface area contributed by atoms with Crippen molar-refractivity contribution < 1.29 is 13.9 Å². The van der Waals surface area contributed by atoms with Gasteiger partial charge in [-0.25, -0.2) is 14.2 Å². The lowest BCUT2D eigenvalue weighted by Gasteiger charge is -2.09. The molecule has 0 bridgehead atoms. The first-order valence-electron chi connectivity index (χ1n) is 7.27. The third kappa shape index (κ3) is 4.86. The summed E-state index contributed by atoms with van der Waals surface area (Å²) in [4.78, 5) is 19.8. The van der Waals surface area contributed by atoms with Gasteiger partial charge in [0.05, 0.1) is 6.20 Å². The number of carbonyl (C=O) groups is 1. The molecule has 0 atom stereocenters. The van der Waals surface area contributed by atoms with Crippen LogP contribution in [0.3, 0.4) is 0 Å². The van der Waals surface area contributed by atoms with Crippen LogP contribution in [-0.4, -0.2) is 32.5 Å². The van der Waals surface area contributed by atoms with E-state index in [4.69, 9.17) is 4.74 Å². The fourth-order valence-electron chi connectivity index (χ4n) is 1.88. The first-order chi connectivity index (χ1) is 12.6. The van der Waals surface area contributed by atoms with Crippen molar-refractivity contribution in [3.8, 4) is 5.88 Å². The Kier molecular flexibility index (Phi) is 5.92. The molecule has 3 rings (SSSR count). The minimum Gasteiger partial charge on any atom is -0.472 e. The third-order valence-electron chi connectivity index (χ3n) is 3.02. The van der Waals surface area contributed by atoms with Gasteiger partial charge in [-0.1, -0.05) is 23.1 Å². The van der Waals surface area contributed by atoms with Crippen molar-refractivity contribution in [2.24, 2.45) is 0 Å². The zero-order valence-corrected chi connectivity index (χ0v) is 15.1. The van der Waals surface area contributed by atoms with Gasteiger partial charge in [-0.3, -0.25) is 10.3 Å². The number of benzene rings is 1. The van der Waals surface area contributed by atoms with E-state index in [9.17, 15) is 9.18 Å². The first kappa shape index (κ1) is 18.0. The molecule has 0 fully saturated rings. The summed E-state index contributed by atoms with van der Waals surface area (Å²) in [6.45, 7) is -0.0465. The van der Waals surface area contributed by atoms with Gasteiger partial charge in [0.2, 0.25) is 11.0 Å². The minimum absolute atomic E-state index is 0.0465. The molecule has 2 N–H and O–H groups in total. The van der Waals surface area contributed by atoms with E-state index >= 15 is 0 Å². The van der Waals surface area contributed by atoms with Gasteiger partial charge >= 0.3 is 6.03 Å². The van der Waals surface area contributed by atoms with Crippen LogP contribution in [0.15, 0.2) is 41.1 Å². The number of hydrogen-bond acceptors (Lipinski definition) is 8. The lowest BCUT2D eigenvalue weighted by atomic mass is 10.2. The quantitative estimate of drug-likeness (QED) is 0.489. The van der Waals surface area contributed by atoms with E-state index < -0.39 is 11.8 Å². The molecule has 0 aliphatic heterocycles. The monoisotopic (exact) mass is 392 g/mol. The smallest absolute Gasteiger partial charge is 0.325 e. The van der Waals surface area contributed by atoms with Gasteiger partial charge in [-0.05, 0) is 24.5 Å². The topological polar surface area (TPSA) is 102 Å². The molecule has 2 heterocycles. The summed E-state index contributed by atoms with van der Waals surface area (Å²) in [6, 6.07) is 3.69. The van der Waals surface area contributed by atoms with Crippen LogP contribution in [0, 0.1) is 5.82 Å². The van der Waals surface area contributed by atoms with Crippen molar-refractivity contribution >= 4 is 39.9 Å². The maximum atomic E-state index is 13.9. The number of nitrogens with one attached hydrogen (secondary N) is 2. The molecule has 0 unspecified atom stereocenters. The molecular weight excluding hydrogens is 379 g/mol. The highest BCUT2D eigenvalue weighted by atomic mass is 32.2. The number of hydrogen-bond donors (Lipinski definition) is 2. The summed E-state index contributed by atoms with van der Waals surface area (Å²) in [5, 5.41) is 13.3. The largest absolute Gasteiger partial charge is 0.472 e. The van der Waals surface area contributed by atoms with E-state index in [1.165, 1.54) is 59.9 Å². The zero-order valence-electron chi connectivity index (χ0n) is 13.5. The van der Waals surface area contributed by atoms with Crippen molar-refractivity contribution in [1.29, 1.82) is 0 Å². The van der Waals surface area contributed by atoms with Gasteiger partial charge in [-0.15, -0.1) is 10.2 Å². The molecule has 0 saturated heterocycles. The SMILES string of the molecule is CSc1nnc(NC(=O)Nc2ccc(F)c(COc3cnccn3)c2)s1. The van der Waals surface area contributed by atoms with Crippen LogP contribution < -0.4 is 15.4 Å². The van der Waals surface area contributed by atoms with E-state index in [0.717, 1.165) is 4.34 Å². The average Bonchev–Trinajstić information content (AvgIpc) is 3.10. The van der Waals surface area contributed by atoms with Gasteiger partial charge in [0, 0.05) is 23.6 Å². The van der Waals surface area contributed by atoms with Crippen molar-refractivity contribution in [2.75, 3.05) is 16.9 Å². The van der Waals surface area contributed by atoms with E-state index in [2.05, 4.69) is 30.8 Å². The Hall–Kier alpha value is -2.79. The maximum absolute atomic E-state index is 13.9. The molecule has 0 aliphatic rings. The third-order valence-corrected chi connectivity index (χ3v) is 4.83. The second kappa shape index (κ2) is 8.54. The summed E-state index contributed by atoms with van der Waals surface area (Å²) in [5.41, 5.74) is 0.685. The molecule has 26 heavy (non-hydrogen) atoms. The number of halogens is 1. The first-order valence-corrected chi connectivity index (χ1v) is 9.31. The summed E-state index contributed by atoms with van der Waals surface area (Å²) in [5.74, 6) is -0.169. The van der Waals surface area contributed by atoms with Gasteiger partial charge in [0.15, 0.2) is 4.34 Å². The number of nitrogens with zero attached hydrogens (tertiary/aromatic N) is 4. The molecular formula is C15H13FN6O2S2. The van der Waals surface area contributed by atoms with Gasteiger partial charge < -0.3 is 10.1 Å². The van der Waals surface area contributed by atoms with Crippen LogP contribution >= 0.6 is 23.1 Å². The Labute approximate surface area is 156 Å². The van der Waals surface area contributed by atoms with Crippen LogP contribution in [-0.2, 0) is 6.61 Å². The van der Waals surface area contributed by atoms with Crippen LogP contribution in [0.4, 0.5) is 20.0 Å². The zero-order chi connectivity index (χ0) is 18.4. The lowest BCUT2D eigenvalue weighted by Crippen LogP contribution is -2.19. The van der Waals surface area contributed by atoms with Crippen molar-refractivity contribution in [3.63, 3.8) is 0 Å². The Balaban J connectivity index is 1.62. The molecule has 0 aliphatic carbocycles. The number of urea groups is 1. The van der Waals surface area contributed by atoms with Crippen molar-refractivity contribution in [3.05, 3.63) is 48.2 Å². The summed E-state index contributed by atoms with van der Waals surface area (Å²) < 4.78 is 20.1. The van der Waals surface area contributed by atoms with E-state index in [-0.39, 0.29) is 18.1 Å². The second-order valence-electron chi connectivity index (χ2n) is 4.79. The van der Waals surface area contributed by atoms with Crippen molar-refractivity contribution in [1.82, 2.24) is 20.2 Å². The predicted octanol–water partition coefficient (Wildman–Crippen LogP) is 3.41. The van der Waals surface area contributed by atoms with Crippen molar-refractivity contribution in [2.45, 2.75) is 10.9 Å². The van der Waals surface area contributed by atoms with E-state index in [0.29, 0.717) is 10.8 Å². The summed E-state index contributed by atoms with van der Waals surface area (Å²) in [7, 11) is 0. The number of aromatic nitrogens is 4. The Morgan fingerprint density at radius 3 is 2.92 bits per heavy atom. The van der Waals surface area contributed by atoms with E-state index in [1.807, 2.05) is 6.26 Å². The summed E-state index contributed by atoms with van der Waals surface area (Å²) in [6.07, 6.45) is 6.28. The molecule has 134 valence electrons. The Morgan fingerprint density at radius 1 is 1.31 bits per heavy atom. The van der Waals surface area contributed by atoms with Crippen LogP contribution in [0.2, 0.25) is 0 Å². The molecule has 8 nitrogen and oxygen atoms in total. The Morgan fingerprint density at radius 2 is 2.19 bits per heavy atom. The fraction of sp³-hybridized carbons (Fsp3) is 0.133. The molecule has 3 aromatic rings. The standard InChI is InChI=1S/C15H13FN6O2S2/c1-25-15-22-21-14(26-15)20-13(23)19-10-2-3-11(16)9(6-10)8-24-12-7-17-4-5-18-12/h2-7H,8H2,1H3,(H2,19,20,21,23). The molecule has 2 amide bonds. The maximum Gasteiger partial charge on any atom is 0.325 e. The number of ether oxygens (including phenoxy) is 1. The van der Waals surface area contributed by atoms with Gasteiger partial charge in [-0.2, -0.15) is 0 Å². The minimum atomic E-state index is -0.499. The molecule has 0 radical (unpaired) electrons. The predicted molar refractivity (Wildman–Crippen MR) is 97.1 cm³/mol. The molecule has 0 spiro atoms. The van der Waals surface area contributed by atoms with Crippen LogP contribution in [0.1, 0.15) is 5.56 Å². The number of thioether (sulfide) groups is 1. The van der Waals surface area contributed by atoms with Gasteiger partial charge in [0.25, 0.3) is 0 Å². The molecule has 11 heteroatoms. The highest BCUT2D eigenvalue weighted by molar-refractivity contribution is 8.00. The number of anilines is 2. The second-order valence-corrected chi connectivity index (χ2v) is 6.83. The van der Waals surface area contributed by atoms with Crippen LogP contribution in [0.25, 0.3) is 0 Å². The number of amides is 2. The average molecular weight is 392 g/mol. The highest BCUT2D eigenvalue weighted by Crippen LogP contribution is 2.23.